The van der Waals surface area contributed by atoms with Gasteiger partial charge >= 0.3 is 0 Å². The number of allylic oxidation sites excluding steroid dienone is 3. The summed E-state index contributed by atoms with van der Waals surface area (Å²) in [6.45, 7) is 1.95. The molecule has 0 bridgehead atoms. The number of aryl methyl sites for hydroxylation is 1. The van der Waals surface area contributed by atoms with E-state index in [-0.39, 0.29) is 0 Å². The molecule has 1 aliphatic rings. The van der Waals surface area contributed by atoms with E-state index in [0.717, 1.165) is 35.5 Å². The molecule has 3 nitrogen and oxygen atoms in total. The highest BCUT2D eigenvalue weighted by Crippen LogP contribution is 2.28. The SMILES string of the molecule is Cc1csc(C2=CC([SH](=O)=O)=CCCC2)n1. The Morgan fingerprint density at radius 2 is 2.25 bits per heavy atom. The fourth-order valence-corrected chi connectivity index (χ4v) is 3.03. The Kier molecular flexibility index (Phi) is 3.56. The molecule has 0 amide bonds. The van der Waals surface area contributed by atoms with Crippen LogP contribution in [0.5, 0.6) is 0 Å². The molecule has 0 radical (unpaired) electrons. The van der Waals surface area contributed by atoms with Gasteiger partial charge in [0.1, 0.15) is 5.01 Å². The molecule has 2 rings (SSSR count). The maximum atomic E-state index is 11.0. The summed E-state index contributed by atoms with van der Waals surface area (Å²) in [6.07, 6.45) is 6.26. The predicted octanol–water partition coefficient (Wildman–Crippen LogP) is 2.51. The number of thiazole rings is 1. The molecule has 0 fully saturated rings. The van der Waals surface area contributed by atoms with E-state index >= 15 is 0 Å². The van der Waals surface area contributed by atoms with Gasteiger partial charge in [-0.1, -0.05) is 6.08 Å². The fourth-order valence-electron chi connectivity index (χ4n) is 1.65. The van der Waals surface area contributed by atoms with Gasteiger partial charge < -0.3 is 0 Å². The first-order valence-electron chi connectivity index (χ1n) is 5.14. The zero-order chi connectivity index (χ0) is 11.5. The quantitative estimate of drug-likeness (QED) is 0.826. The first kappa shape index (κ1) is 11.5. The molecule has 0 N–H and O–H groups in total. The molecule has 1 aromatic rings. The van der Waals surface area contributed by atoms with E-state index in [1.807, 2.05) is 12.3 Å². The van der Waals surface area contributed by atoms with Gasteiger partial charge in [0.25, 0.3) is 0 Å². The van der Waals surface area contributed by atoms with Crippen molar-refractivity contribution in [3.05, 3.63) is 33.1 Å². The first-order chi connectivity index (χ1) is 7.66. The van der Waals surface area contributed by atoms with E-state index in [1.54, 1.807) is 23.5 Å². The van der Waals surface area contributed by atoms with Gasteiger partial charge in [-0.15, -0.1) is 11.3 Å². The van der Waals surface area contributed by atoms with E-state index in [1.165, 1.54) is 0 Å². The van der Waals surface area contributed by atoms with Crippen LogP contribution in [0.15, 0.2) is 22.4 Å². The van der Waals surface area contributed by atoms with E-state index in [0.29, 0.717) is 4.91 Å². The lowest BCUT2D eigenvalue weighted by atomic mass is 10.1. The van der Waals surface area contributed by atoms with Crippen LogP contribution in [0.25, 0.3) is 5.57 Å². The Labute approximate surface area is 100 Å². The molecular formula is C11H13NO2S2. The van der Waals surface area contributed by atoms with Gasteiger partial charge in [-0.25, -0.2) is 13.4 Å². The molecule has 1 heterocycles. The first-order valence-corrected chi connectivity index (χ1v) is 7.20. The van der Waals surface area contributed by atoms with Gasteiger partial charge in [-0.2, -0.15) is 0 Å². The van der Waals surface area contributed by atoms with Crippen LogP contribution >= 0.6 is 11.3 Å². The van der Waals surface area contributed by atoms with E-state index in [9.17, 15) is 8.42 Å². The highest BCUT2D eigenvalue weighted by molar-refractivity contribution is 7.77. The van der Waals surface area contributed by atoms with Crippen molar-refractivity contribution in [2.45, 2.75) is 26.2 Å². The molecule has 86 valence electrons. The molecule has 0 aliphatic heterocycles. The third-order valence-electron chi connectivity index (χ3n) is 2.43. The molecule has 0 spiro atoms. The van der Waals surface area contributed by atoms with Crippen LogP contribution in [0, 0.1) is 6.92 Å². The van der Waals surface area contributed by atoms with Crippen molar-refractivity contribution in [2.75, 3.05) is 0 Å². The van der Waals surface area contributed by atoms with Crippen molar-refractivity contribution in [1.29, 1.82) is 0 Å². The average molecular weight is 255 g/mol. The van der Waals surface area contributed by atoms with Crippen LogP contribution < -0.4 is 0 Å². The Morgan fingerprint density at radius 3 is 2.88 bits per heavy atom. The van der Waals surface area contributed by atoms with Crippen LogP contribution in [0.1, 0.15) is 30.0 Å². The lowest BCUT2D eigenvalue weighted by molar-refractivity contribution is 0.620. The molecule has 0 aromatic carbocycles. The van der Waals surface area contributed by atoms with Crippen molar-refractivity contribution in [3.63, 3.8) is 0 Å². The molecule has 1 aromatic heterocycles. The highest BCUT2D eigenvalue weighted by atomic mass is 32.2. The molecule has 16 heavy (non-hydrogen) atoms. The maximum absolute atomic E-state index is 11.0. The normalized spacial score (nSPS) is 16.9. The minimum absolute atomic E-state index is 0.426. The van der Waals surface area contributed by atoms with Gasteiger partial charge in [0, 0.05) is 11.1 Å². The van der Waals surface area contributed by atoms with Gasteiger partial charge in [0.2, 0.25) is 0 Å². The Morgan fingerprint density at radius 1 is 1.44 bits per heavy atom. The second-order valence-electron chi connectivity index (χ2n) is 3.74. The largest absolute Gasteiger partial charge is 0.242 e. The van der Waals surface area contributed by atoms with Gasteiger partial charge in [0.15, 0.2) is 10.7 Å². The predicted molar refractivity (Wildman–Crippen MR) is 67.1 cm³/mol. The number of aromatic nitrogens is 1. The standard InChI is InChI=1S/C11H13NO2S2/c1-8-7-15-11(12-8)9-4-2-3-5-10(6-9)16(13)14/h5-7,16H,2-4H2,1H3. The lowest BCUT2D eigenvalue weighted by Gasteiger charge is -1.99. The molecule has 0 saturated heterocycles. The monoisotopic (exact) mass is 255 g/mol. The average Bonchev–Trinajstić information content (AvgIpc) is 2.54. The van der Waals surface area contributed by atoms with E-state index in [2.05, 4.69) is 4.98 Å². The third kappa shape index (κ3) is 2.59. The smallest absolute Gasteiger partial charge is 0.167 e. The maximum Gasteiger partial charge on any atom is 0.167 e. The van der Waals surface area contributed by atoms with Crippen LogP contribution in [0.3, 0.4) is 0 Å². The van der Waals surface area contributed by atoms with Crippen LogP contribution in [0.4, 0.5) is 0 Å². The summed E-state index contributed by atoms with van der Waals surface area (Å²) in [7, 11) is -2.48. The number of hydrogen-bond donors (Lipinski definition) is 1. The van der Waals surface area contributed by atoms with Gasteiger partial charge in [-0.3, -0.25) is 0 Å². The molecular weight excluding hydrogens is 242 g/mol. The van der Waals surface area contributed by atoms with E-state index < -0.39 is 10.7 Å². The number of hydrogen-bond acceptors (Lipinski definition) is 4. The Bertz CT molecular complexity index is 516. The van der Waals surface area contributed by atoms with E-state index in [4.69, 9.17) is 0 Å². The van der Waals surface area contributed by atoms with Crippen LogP contribution in [0.2, 0.25) is 0 Å². The summed E-state index contributed by atoms with van der Waals surface area (Å²) in [5.74, 6) is 0. The summed E-state index contributed by atoms with van der Waals surface area (Å²) in [4.78, 5) is 4.82. The number of nitrogens with zero attached hydrogens (tertiary/aromatic N) is 1. The van der Waals surface area contributed by atoms with Crippen molar-refractivity contribution < 1.29 is 8.42 Å². The highest BCUT2D eigenvalue weighted by Gasteiger charge is 2.10. The van der Waals surface area contributed by atoms with Crippen molar-refractivity contribution >= 4 is 27.6 Å². The Balaban J connectivity index is 2.37. The summed E-state index contributed by atoms with van der Waals surface area (Å²) >= 11 is 1.58. The molecule has 0 atom stereocenters. The number of thiol groups is 1. The second kappa shape index (κ2) is 4.93. The van der Waals surface area contributed by atoms with Crippen LogP contribution in [-0.4, -0.2) is 13.4 Å². The molecule has 1 aliphatic carbocycles. The fraction of sp³-hybridized carbons (Fsp3) is 0.364. The number of rotatable bonds is 2. The van der Waals surface area contributed by atoms with Crippen LogP contribution in [-0.2, 0) is 10.7 Å². The lowest BCUT2D eigenvalue weighted by Crippen LogP contribution is -1.85. The van der Waals surface area contributed by atoms with Crippen molar-refractivity contribution in [1.82, 2.24) is 4.98 Å². The minimum atomic E-state index is -2.48. The molecule has 0 saturated carbocycles. The summed E-state index contributed by atoms with van der Waals surface area (Å²) < 4.78 is 22.0. The summed E-state index contributed by atoms with van der Waals surface area (Å²) in [5.41, 5.74) is 2.03. The Hall–Kier alpha value is -0.940. The van der Waals surface area contributed by atoms with Gasteiger partial charge in [0.05, 0.1) is 4.91 Å². The third-order valence-corrected chi connectivity index (χ3v) is 4.20. The molecule has 0 unspecified atom stereocenters. The van der Waals surface area contributed by atoms with Gasteiger partial charge in [-0.05, 0) is 37.8 Å². The van der Waals surface area contributed by atoms with Crippen molar-refractivity contribution in [3.8, 4) is 0 Å². The minimum Gasteiger partial charge on any atom is -0.242 e. The second-order valence-corrected chi connectivity index (χ2v) is 5.63. The zero-order valence-corrected chi connectivity index (χ0v) is 10.7. The summed E-state index contributed by atoms with van der Waals surface area (Å²) in [5, 5.41) is 2.93. The zero-order valence-electron chi connectivity index (χ0n) is 8.97. The van der Waals surface area contributed by atoms with Crippen molar-refractivity contribution in [2.24, 2.45) is 0 Å². The molecule has 5 heteroatoms. The topological polar surface area (TPSA) is 47.0 Å². The summed E-state index contributed by atoms with van der Waals surface area (Å²) in [6, 6.07) is 0.